The van der Waals surface area contributed by atoms with Crippen LogP contribution in [0.3, 0.4) is 0 Å². The summed E-state index contributed by atoms with van der Waals surface area (Å²) in [5, 5.41) is 3.35. The zero-order chi connectivity index (χ0) is 13.0. The number of aromatic nitrogens is 2. The van der Waals surface area contributed by atoms with Crippen LogP contribution in [0.2, 0.25) is 0 Å². The van der Waals surface area contributed by atoms with E-state index in [1.807, 2.05) is 19.9 Å². The van der Waals surface area contributed by atoms with Gasteiger partial charge in [0.05, 0.1) is 0 Å². The van der Waals surface area contributed by atoms with Crippen LogP contribution < -0.4 is 5.32 Å². The van der Waals surface area contributed by atoms with Gasteiger partial charge in [0.15, 0.2) is 0 Å². The molecule has 0 unspecified atom stereocenters. The van der Waals surface area contributed by atoms with Gasteiger partial charge in [0, 0.05) is 18.3 Å². The fourth-order valence-electron chi connectivity index (χ4n) is 2.02. The summed E-state index contributed by atoms with van der Waals surface area (Å²) in [6.45, 7) is 6.94. The number of hydrogen-bond acceptors (Lipinski definition) is 3. The second-order valence-corrected chi connectivity index (χ2v) is 4.55. The van der Waals surface area contributed by atoms with Gasteiger partial charge in [-0.05, 0) is 38.3 Å². The van der Waals surface area contributed by atoms with Crippen molar-refractivity contribution in [1.29, 1.82) is 0 Å². The van der Waals surface area contributed by atoms with Crippen LogP contribution in [0, 0.1) is 20.8 Å². The number of hydrogen-bond donors (Lipinski definition) is 1. The summed E-state index contributed by atoms with van der Waals surface area (Å²) >= 11 is 0. The van der Waals surface area contributed by atoms with Crippen LogP contribution >= 0.6 is 0 Å². The Kier molecular flexibility index (Phi) is 3.92. The van der Waals surface area contributed by atoms with Crippen LogP contribution in [0.5, 0.6) is 0 Å². The minimum Gasteiger partial charge on any atom is -0.370 e. The number of benzene rings is 1. The van der Waals surface area contributed by atoms with Gasteiger partial charge < -0.3 is 5.32 Å². The fourth-order valence-corrected chi connectivity index (χ4v) is 2.02. The van der Waals surface area contributed by atoms with Crippen LogP contribution in [0.15, 0.2) is 30.3 Å². The molecule has 0 radical (unpaired) electrons. The number of rotatable bonds is 4. The van der Waals surface area contributed by atoms with Crippen molar-refractivity contribution < 1.29 is 0 Å². The molecule has 0 bridgehead atoms. The van der Waals surface area contributed by atoms with E-state index in [9.17, 15) is 0 Å². The molecule has 0 aliphatic heterocycles. The molecule has 3 heteroatoms. The van der Waals surface area contributed by atoms with E-state index in [1.54, 1.807) is 0 Å². The lowest BCUT2D eigenvalue weighted by atomic mass is 10.1. The van der Waals surface area contributed by atoms with Crippen molar-refractivity contribution in [3.8, 4) is 0 Å². The van der Waals surface area contributed by atoms with Crippen LogP contribution in [0.1, 0.15) is 22.6 Å². The fraction of sp³-hybridized carbons (Fsp3) is 0.333. The molecular weight excluding hydrogens is 222 g/mol. The third-order valence-electron chi connectivity index (χ3n) is 2.93. The molecule has 0 spiro atoms. The average Bonchev–Trinajstić information content (AvgIpc) is 2.30. The first kappa shape index (κ1) is 12.6. The minimum absolute atomic E-state index is 0.813. The maximum absolute atomic E-state index is 4.37. The molecule has 1 aromatic heterocycles. The van der Waals surface area contributed by atoms with E-state index in [1.165, 1.54) is 11.1 Å². The van der Waals surface area contributed by atoms with Gasteiger partial charge in [-0.2, -0.15) is 0 Å². The maximum atomic E-state index is 4.37. The normalized spacial score (nSPS) is 10.4. The standard InChI is InChI=1S/C15H19N3/c1-11-6-4-5-7-14(11)8-9-16-15-10-12(2)17-13(3)18-15/h4-7,10H,8-9H2,1-3H3,(H,16,17,18). The van der Waals surface area contributed by atoms with E-state index in [4.69, 9.17) is 0 Å². The molecule has 0 saturated heterocycles. The molecule has 0 aliphatic carbocycles. The molecule has 0 aliphatic rings. The number of nitrogens with zero attached hydrogens (tertiary/aromatic N) is 2. The highest BCUT2D eigenvalue weighted by molar-refractivity contribution is 5.36. The number of anilines is 1. The van der Waals surface area contributed by atoms with Gasteiger partial charge in [0.2, 0.25) is 0 Å². The van der Waals surface area contributed by atoms with E-state index < -0.39 is 0 Å². The van der Waals surface area contributed by atoms with Crippen LogP contribution in [-0.2, 0) is 6.42 Å². The summed E-state index contributed by atoms with van der Waals surface area (Å²) < 4.78 is 0. The van der Waals surface area contributed by atoms with Gasteiger partial charge >= 0.3 is 0 Å². The summed E-state index contributed by atoms with van der Waals surface area (Å²) in [6, 6.07) is 10.5. The predicted octanol–water partition coefficient (Wildman–Crippen LogP) is 3.06. The van der Waals surface area contributed by atoms with E-state index in [0.29, 0.717) is 0 Å². The van der Waals surface area contributed by atoms with Crippen molar-refractivity contribution in [3.63, 3.8) is 0 Å². The Balaban J connectivity index is 1.94. The van der Waals surface area contributed by atoms with E-state index in [2.05, 4.69) is 46.5 Å². The average molecular weight is 241 g/mol. The molecule has 2 aromatic rings. The van der Waals surface area contributed by atoms with Crippen LogP contribution in [-0.4, -0.2) is 16.5 Å². The molecule has 0 amide bonds. The zero-order valence-electron chi connectivity index (χ0n) is 11.2. The lowest BCUT2D eigenvalue weighted by Gasteiger charge is -2.08. The molecule has 3 nitrogen and oxygen atoms in total. The molecule has 1 heterocycles. The lowest BCUT2D eigenvalue weighted by molar-refractivity contribution is 0.961. The molecule has 1 aromatic carbocycles. The molecule has 94 valence electrons. The Labute approximate surface area is 108 Å². The monoisotopic (exact) mass is 241 g/mol. The Hall–Kier alpha value is -1.90. The van der Waals surface area contributed by atoms with Gasteiger partial charge in [0.25, 0.3) is 0 Å². The lowest BCUT2D eigenvalue weighted by Crippen LogP contribution is -2.08. The topological polar surface area (TPSA) is 37.8 Å². The van der Waals surface area contributed by atoms with Crippen LogP contribution in [0.4, 0.5) is 5.82 Å². The Morgan fingerprint density at radius 3 is 2.56 bits per heavy atom. The van der Waals surface area contributed by atoms with Gasteiger partial charge in [-0.3, -0.25) is 0 Å². The van der Waals surface area contributed by atoms with Gasteiger partial charge in [-0.15, -0.1) is 0 Å². The summed E-state index contributed by atoms with van der Waals surface area (Å²) in [6.07, 6.45) is 1.01. The highest BCUT2D eigenvalue weighted by atomic mass is 15.0. The molecular formula is C15H19N3. The number of nitrogens with one attached hydrogen (secondary N) is 1. The maximum Gasteiger partial charge on any atom is 0.129 e. The number of aryl methyl sites for hydroxylation is 3. The quantitative estimate of drug-likeness (QED) is 0.894. The molecule has 2 rings (SSSR count). The largest absolute Gasteiger partial charge is 0.370 e. The smallest absolute Gasteiger partial charge is 0.129 e. The third kappa shape index (κ3) is 3.29. The zero-order valence-corrected chi connectivity index (χ0v) is 11.2. The molecule has 0 saturated carbocycles. The van der Waals surface area contributed by atoms with Gasteiger partial charge in [-0.1, -0.05) is 24.3 Å². The highest BCUT2D eigenvalue weighted by Crippen LogP contribution is 2.09. The van der Waals surface area contributed by atoms with E-state index >= 15 is 0 Å². The Bertz CT molecular complexity index is 515. The molecule has 18 heavy (non-hydrogen) atoms. The van der Waals surface area contributed by atoms with Crippen molar-refractivity contribution >= 4 is 5.82 Å². The van der Waals surface area contributed by atoms with Gasteiger partial charge in [0.1, 0.15) is 11.6 Å². The third-order valence-corrected chi connectivity index (χ3v) is 2.93. The first-order chi connectivity index (χ1) is 8.65. The second-order valence-electron chi connectivity index (χ2n) is 4.55. The first-order valence-corrected chi connectivity index (χ1v) is 6.26. The van der Waals surface area contributed by atoms with Gasteiger partial charge in [-0.25, -0.2) is 9.97 Å². The first-order valence-electron chi connectivity index (χ1n) is 6.26. The summed E-state index contributed by atoms with van der Waals surface area (Å²) in [5.41, 5.74) is 3.72. The van der Waals surface area contributed by atoms with Crippen LogP contribution in [0.25, 0.3) is 0 Å². The molecule has 0 fully saturated rings. The predicted molar refractivity (Wildman–Crippen MR) is 74.9 cm³/mol. The van der Waals surface area contributed by atoms with E-state index in [0.717, 1.165) is 30.3 Å². The van der Waals surface area contributed by atoms with Crippen molar-refractivity contribution in [3.05, 3.63) is 53.0 Å². The van der Waals surface area contributed by atoms with Crippen molar-refractivity contribution in [2.24, 2.45) is 0 Å². The summed E-state index contributed by atoms with van der Waals surface area (Å²) in [7, 11) is 0. The van der Waals surface area contributed by atoms with Crippen molar-refractivity contribution in [1.82, 2.24) is 9.97 Å². The van der Waals surface area contributed by atoms with Crippen molar-refractivity contribution in [2.45, 2.75) is 27.2 Å². The summed E-state index contributed by atoms with van der Waals surface area (Å²) in [5.74, 6) is 1.72. The van der Waals surface area contributed by atoms with Crippen molar-refractivity contribution in [2.75, 3.05) is 11.9 Å². The highest BCUT2D eigenvalue weighted by Gasteiger charge is 2.00. The Morgan fingerprint density at radius 2 is 1.83 bits per heavy atom. The molecule has 1 N–H and O–H groups in total. The minimum atomic E-state index is 0.813. The van der Waals surface area contributed by atoms with E-state index in [-0.39, 0.29) is 0 Å². The molecule has 0 atom stereocenters. The SMILES string of the molecule is Cc1cc(NCCc2ccccc2C)nc(C)n1. The Morgan fingerprint density at radius 1 is 1.06 bits per heavy atom. The second kappa shape index (κ2) is 5.63. The summed E-state index contributed by atoms with van der Waals surface area (Å²) in [4.78, 5) is 8.63.